The maximum atomic E-state index is 12.9. The first kappa shape index (κ1) is 15.9. The van der Waals surface area contributed by atoms with Gasteiger partial charge in [-0.1, -0.05) is 35.9 Å². The van der Waals surface area contributed by atoms with Gasteiger partial charge in [-0.2, -0.15) is 0 Å². The van der Waals surface area contributed by atoms with Crippen molar-refractivity contribution in [3.63, 3.8) is 0 Å². The Morgan fingerprint density at radius 2 is 1.87 bits per heavy atom. The first-order valence-corrected chi connectivity index (χ1v) is 9.33. The van der Waals surface area contributed by atoms with Gasteiger partial charge in [0.2, 0.25) is 10.0 Å². The lowest BCUT2D eigenvalue weighted by atomic mass is 10.0. The lowest BCUT2D eigenvalue weighted by molar-refractivity contribution is 0.414. The largest absolute Gasteiger partial charge is 0.497 e. The molecule has 0 radical (unpaired) electrons. The van der Waals surface area contributed by atoms with Crippen LogP contribution in [0.5, 0.6) is 5.75 Å². The van der Waals surface area contributed by atoms with E-state index in [1.807, 2.05) is 49.4 Å². The van der Waals surface area contributed by atoms with Crippen molar-refractivity contribution in [1.29, 1.82) is 0 Å². The van der Waals surface area contributed by atoms with E-state index < -0.39 is 10.0 Å². The van der Waals surface area contributed by atoms with Crippen molar-refractivity contribution in [3.05, 3.63) is 59.2 Å². The van der Waals surface area contributed by atoms with Gasteiger partial charge in [0.25, 0.3) is 0 Å². The van der Waals surface area contributed by atoms with Gasteiger partial charge >= 0.3 is 0 Å². The summed E-state index contributed by atoms with van der Waals surface area (Å²) in [6, 6.07) is 13.3. The molecule has 0 spiro atoms. The highest BCUT2D eigenvalue weighted by atomic mass is 32.2. The molecule has 0 aliphatic carbocycles. The molecule has 0 aromatic heterocycles. The van der Waals surface area contributed by atoms with Crippen LogP contribution in [0.3, 0.4) is 0 Å². The number of nitrogens with zero attached hydrogens (tertiary/aromatic N) is 1. The van der Waals surface area contributed by atoms with E-state index in [1.54, 1.807) is 7.11 Å². The number of benzene rings is 2. The Morgan fingerprint density at radius 3 is 2.57 bits per heavy atom. The van der Waals surface area contributed by atoms with Crippen molar-refractivity contribution in [2.24, 2.45) is 0 Å². The average molecular weight is 331 g/mol. The molecule has 2 aromatic carbocycles. The molecule has 2 aromatic rings. The van der Waals surface area contributed by atoms with Crippen LogP contribution < -0.4 is 9.04 Å². The molecule has 0 saturated carbocycles. The predicted octanol–water partition coefficient (Wildman–Crippen LogP) is 3.29. The van der Waals surface area contributed by atoms with Crippen molar-refractivity contribution in [2.75, 3.05) is 18.0 Å². The third kappa shape index (κ3) is 3.34. The molecule has 122 valence electrons. The molecular formula is C18H21NO3S. The second kappa shape index (κ2) is 6.24. The highest BCUT2D eigenvalue weighted by Crippen LogP contribution is 2.33. The van der Waals surface area contributed by atoms with Crippen LogP contribution in [0, 0.1) is 6.92 Å². The van der Waals surface area contributed by atoms with Crippen molar-refractivity contribution >= 4 is 15.7 Å². The number of rotatable bonds is 4. The smallest absolute Gasteiger partial charge is 0.239 e. The zero-order valence-electron chi connectivity index (χ0n) is 13.5. The first-order chi connectivity index (χ1) is 11.0. The zero-order chi connectivity index (χ0) is 16.4. The summed E-state index contributed by atoms with van der Waals surface area (Å²) in [6.07, 6.45) is 1.74. The summed E-state index contributed by atoms with van der Waals surface area (Å²) >= 11 is 0. The van der Waals surface area contributed by atoms with Gasteiger partial charge in [0.15, 0.2) is 0 Å². The standard InChI is InChI=1S/C18H21NO3S/c1-14-5-7-15(8-6-14)13-23(20,21)19-11-3-4-16-9-10-17(22-2)12-18(16)19/h5-10,12H,3-4,11,13H2,1-2H3. The fourth-order valence-corrected chi connectivity index (χ4v) is 4.56. The van der Waals surface area contributed by atoms with E-state index >= 15 is 0 Å². The van der Waals surface area contributed by atoms with E-state index in [1.165, 1.54) is 4.31 Å². The van der Waals surface area contributed by atoms with Gasteiger partial charge in [-0.25, -0.2) is 8.42 Å². The Bertz CT molecular complexity index is 798. The summed E-state index contributed by atoms with van der Waals surface area (Å²) in [6.45, 7) is 2.51. The molecule has 5 heteroatoms. The number of hydrogen-bond acceptors (Lipinski definition) is 3. The molecule has 23 heavy (non-hydrogen) atoms. The van der Waals surface area contributed by atoms with Crippen LogP contribution in [0.2, 0.25) is 0 Å². The molecule has 0 amide bonds. The van der Waals surface area contributed by atoms with Gasteiger partial charge < -0.3 is 4.74 Å². The second-order valence-electron chi connectivity index (χ2n) is 5.91. The van der Waals surface area contributed by atoms with E-state index in [0.29, 0.717) is 12.3 Å². The van der Waals surface area contributed by atoms with E-state index in [9.17, 15) is 8.42 Å². The molecule has 3 rings (SSSR count). The molecule has 4 nitrogen and oxygen atoms in total. The third-order valence-corrected chi connectivity index (χ3v) is 5.92. The molecule has 0 unspecified atom stereocenters. The number of ether oxygens (including phenoxy) is 1. The Kier molecular flexibility index (Phi) is 4.31. The van der Waals surface area contributed by atoms with E-state index in [0.717, 1.165) is 35.2 Å². The van der Waals surface area contributed by atoms with Crippen molar-refractivity contribution in [1.82, 2.24) is 0 Å². The Hall–Kier alpha value is -2.01. The Labute approximate surface area is 137 Å². The van der Waals surface area contributed by atoms with Crippen molar-refractivity contribution in [2.45, 2.75) is 25.5 Å². The van der Waals surface area contributed by atoms with Gasteiger partial charge in [0, 0.05) is 12.6 Å². The fourth-order valence-electron chi connectivity index (χ4n) is 2.91. The van der Waals surface area contributed by atoms with Crippen LogP contribution in [-0.2, 0) is 22.2 Å². The quantitative estimate of drug-likeness (QED) is 0.864. The number of methoxy groups -OCH3 is 1. The van der Waals surface area contributed by atoms with Gasteiger partial charge in [-0.15, -0.1) is 0 Å². The van der Waals surface area contributed by atoms with Gasteiger partial charge in [-0.05, 0) is 37.0 Å². The summed E-state index contributed by atoms with van der Waals surface area (Å²) in [5.74, 6) is 0.699. The molecular weight excluding hydrogens is 310 g/mol. The zero-order valence-corrected chi connectivity index (χ0v) is 14.3. The van der Waals surface area contributed by atoms with E-state index in [4.69, 9.17) is 4.74 Å². The second-order valence-corrected chi connectivity index (χ2v) is 7.81. The topological polar surface area (TPSA) is 46.6 Å². The normalized spacial score (nSPS) is 14.4. The minimum atomic E-state index is -3.41. The van der Waals surface area contributed by atoms with Crippen LogP contribution in [0.1, 0.15) is 23.1 Å². The highest BCUT2D eigenvalue weighted by Gasteiger charge is 2.28. The van der Waals surface area contributed by atoms with Crippen molar-refractivity contribution in [3.8, 4) is 5.75 Å². The minimum absolute atomic E-state index is 0.0178. The average Bonchev–Trinajstić information content (AvgIpc) is 2.55. The predicted molar refractivity (Wildman–Crippen MR) is 92.5 cm³/mol. The minimum Gasteiger partial charge on any atom is -0.497 e. The number of hydrogen-bond donors (Lipinski definition) is 0. The van der Waals surface area contributed by atoms with Gasteiger partial charge in [0.05, 0.1) is 18.6 Å². The lowest BCUT2D eigenvalue weighted by Crippen LogP contribution is -2.36. The van der Waals surface area contributed by atoms with Crippen LogP contribution in [0.25, 0.3) is 0 Å². The summed E-state index contributed by atoms with van der Waals surface area (Å²) in [5.41, 5.74) is 3.75. The molecule has 0 fully saturated rings. The molecule has 0 saturated heterocycles. The van der Waals surface area contributed by atoms with E-state index in [-0.39, 0.29) is 5.75 Å². The third-order valence-electron chi connectivity index (χ3n) is 4.17. The van der Waals surface area contributed by atoms with Crippen LogP contribution in [-0.4, -0.2) is 22.1 Å². The molecule has 1 aliphatic rings. The number of anilines is 1. The monoisotopic (exact) mass is 331 g/mol. The van der Waals surface area contributed by atoms with E-state index in [2.05, 4.69) is 0 Å². The molecule has 1 heterocycles. The molecule has 0 atom stereocenters. The lowest BCUT2D eigenvalue weighted by Gasteiger charge is -2.30. The van der Waals surface area contributed by atoms with Crippen LogP contribution >= 0.6 is 0 Å². The summed E-state index contributed by atoms with van der Waals surface area (Å²) < 4.78 is 32.6. The SMILES string of the molecule is COc1ccc2c(c1)N(S(=O)(=O)Cc1ccc(C)cc1)CCC2. The number of fused-ring (bicyclic) bond motifs is 1. The molecule has 0 bridgehead atoms. The number of sulfonamides is 1. The highest BCUT2D eigenvalue weighted by molar-refractivity contribution is 7.92. The maximum Gasteiger partial charge on any atom is 0.239 e. The Balaban J connectivity index is 1.93. The molecule has 1 aliphatic heterocycles. The first-order valence-electron chi connectivity index (χ1n) is 7.72. The Morgan fingerprint density at radius 1 is 1.13 bits per heavy atom. The summed E-state index contributed by atoms with van der Waals surface area (Å²) in [5, 5.41) is 0. The van der Waals surface area contributed by atoms with Gasteiger partial charge in [-0.3, -0.25) is 4.31 Å². The number of aryl methyl sites for hydroxylation is 2. The van der Waals surface area contributed by atoms with Crippen LogP contribution in [0.15, 0.2) is 42.5 Å². The molecule has 0 N–H and O–H groups in total. The summed E-state index contributed by atoms with van der Waals surface area (Å²) in [4.78, 5) is 0. The van der Waals surface area contributed by atoms with Crippen molar-refractivity contribution < 1.29 is 13.2 Å². The van der Waals surface area contributed by atoms with Crippen LogP contribution in [0.4, 0.5) is 5.69 Å². The maximum absolute atomic E-state index is 12.9. The fraction of sp³-hybridized carbons (Fsp3) is 0.333. The van der Waals surface area contributed by atoms with Gasteiger partial charge in [0.1, 0.15) is 5.75 Å². The summed E-state index contributed by atoms with van der Waals surface area (Å²) in [7, 11) is -1.82.